The Kier molecular flexibility index (Phi) is 6.43. The molecule has 0 aliphatic rings. The van der Waals surface area contributed by atoms with Crippen molar-refractivity contribution in [3.63, 3.8) is 0 Å². The van der Waals surface area contributed by atoms with Crippen LogP contribution in [-0.4, -0.2) is 31.4 Å². The molecule has 1 amide bonds. The molecule has 31 heavy (non-hydrogen) atoms. The van der Waals surface area contributed by atoms with E-state index in [-0.39, 0.29) is 17.7 Å². The summed E-state index contributed by atoms with van der Waals surface area (Å²) in [4.78, 5) is 16.7. The van der Waals surface area contributed by atoms with Gasteiger partial charge in [0.25, 0.3) is 0 Å². The summed E-state index contributed by atoms with van der Waals surface area (Å²) in [6.07, 6.45) is 3.46. The van der Waals surface area contributed by atoms with Crippen LogP contribution < -0.4 is 5.32 Å². The smallest absolute Gasteiger partial charge is 0.230 e. The van der Waals surface area contributed by atoms with Gasteiger partial charge in [-0.25, -0.2) is 0 Å². The van der Waals surface area contributed by atoms with E-state index in [1.54, 1.807) is 12.4 Å². The molecule has 0 aliphatic heterocycles. The number of thioether (sulfide) groups is 1. The van der Waals surface area contributed by atoms with Gasteiger partial charge >= 0.3 is 0 Å². The molecule has 2 heterocycles. The Morgan fingerprint density at radius 2 is 1.71 bits per heavy atom. The van der Waals surface area contributed by atoms with E-state index in [2.05, 4.69) is 20.5 Å². The Morgan fingerprint density at radius 3 is 2.42 bits per heavy atom. The van der Waals surface area contributed by atoms with Crippen LogP contribution in [0.5, 0.6) is 0 Å². The topological polar surface area (TPSA) is 72.7 Å². The van der Waals surface area contributed by atoms with Crippen LogP contribution in [0, 0.1) is 6.92 Å². The molecular formula is C24H23N5OS. The quantitative estimate of drug-likeness (QED) is 0.435. The molecule has 2 aromatic carbocycles. The summed E-state index contributed by atoms with van der Waals surface area (Å²) in [6, 6.07) is 21.8. The second kappa shape index (κ2) is 9.57. The monoisotopic (exact) mass is 429 g/mol. The van der Waals surface area contributed by atoms with Crippen LogP contribution in [0.2, 0.25) is 0 Å². The lowest BCUT2D eigenvalue weighted by molar-refractivity contribution is -0.119. The van der Waals surface area contributed by atoms with Crippen molar-refractivity contribution in [3.8, 4) is 17.1 Å². The van der Waals surface area contributed by atoms with E-state index in [9.17, 15) is 4.79 Å². The lowest BCUT2D eigenvalue weighted by Crippen LogP contribution is -2.28. The molecule has 0 radical (unpaired) electrons. The minimum Gasteiger partial charge on any atom is -0.349 e. The molecule has 6 nitrogen and oxygen atoms in total. The molecule has 1 atom stereocenters. The van der Waals surface area contributed by atoms with Crippen molar-refractivity contribution in [2.45, 2.75) is 25.0 Å². The van der Waals surface area contributed by atoms with Gasteiger partial charge in [-0.05, 0) is 43.7 Å². The summed E-state index contributed by atoms with van der Waals surface area (Å²) in [6.45, 7) is 4.03. The van der Waals surface area contributed by atoms with E-state index in [4.69, 9.17) is 0 Å². The molecule has 0 bridgehead atoms. The van der Waals surface area contributed by atoms with Crippen LogP contribution in [0.4, 0.5) is 0 Å². The van der Waals surface area contributed by atoms with Crippen LogP contribution in [0.1, 0.15) is 24.1 Å². The van der Waals surface area contributed by atoms with Gasteiger partial charge in [0.1, 0.15) is 0 Å². The molecular weight excluding hydrogens is 406 g/mol. The molecule has 0 saturated carbocycles. The summed E-state index contributed by atoms with van der Waals surface area (Å²) in [5, 5.41) is 12.5. The fourth-order valence-electron chi connectivity index (χ4n) is 3.22. The van der Waals surface area contributed by atoms with Crippen LogP contribution in [0.15, 0.2) is 84.3 Å². The summed E-state index contributed by atoms with van der Waals surface area (Å²) >= 11 is 1.37. The highest BCUT2D eigenvalue weighted by Gasteiger charge is 2.18. The van der Waals surface area contributed by atoms with Gasteiger partial charge < -0.3 is 5.32 Å². The molecule has 156 valence electrons. The zero-order chi connectivity index (χ0) is 21.6. The molecule has 1 unspecified atom stereocenters. The van der Waals surface area contributed by atoms with Crippen LogP contribution in [0.3, 0.4) is 0 Å². The maximum absolute atomic E-state index is 12.6. The lowest BCUT2D eigenvalue weighted by atomic mass is 10.1. The maximum Gasteiger partial charge on any atom is 0.230 e. The Balaban J connectivity index is 1.55. The van der Waals surface area contributed by atoms with Crippen LogP contribution in [0.25, 0.3) is 17.1 Å². The molecule has 0 saturated heterocycles. The fourth-order valence-corrected chi connectivity index (χ4v) is 3.98. The summed E-state index contributed by atoms with van der Waals surface area (Å²) in [5.74, 6) is 0.912. The highest BCUT2D eigenvalue weighted by Crippen LogP contribution is 2.28. The van der Waals surface area contributed by atoms with Crippen molar-refractivity contribution in [2.75, 3.05) is 5.75 Å². The average Bonchev–Trinajstić information content (AvgIpc) is 3.23. The van der Waals surface area contributed by atoms with E-state index >= 15 is 0 Å². The van der Waals surface area contributed by atoms with Crippen molar-refractivity contribution >= 4 is 17.7 Å². The number of rotatable bonds is 7. The second-order valence-electron chi connectivity index (χ2n) is 7.20. The number of carbonyl (C=O) groups is 1. The predicted octanol–water partition coefficient (Wildman–Crippen LogP) is 4.61. The Morgan fingerprint density at radius 1 is 1.00 bits per heavy atom. The van der Waals surface area contributed by atoms with Crippen molar-refractivity contribution in [1.82, 2.24) is 25.1 Å². The Bertz CT molecular complexity index is 1140. The minimum absolute atomic E-state index is 0.0507. The first kappa shape index (κ1) is 20.8. The second-order valence-corrected chi connectivity index (χ2v) is 8.14. The first-order valence-corrected chi connectivity index (χ1v) is 11.0. The fraction of sp³-hybridized carbons (Fsp3) is 0.167. The number of aromatic nitrogens is 4. The molecule has 1 N–H and O–H groups in total. The molecule has 0 aliphatic carbocycles. The molecule has 4 rings (SSSR count). The lowest BCUT2D eigenvalue weighted by Gasteiger charge is -2.14. The number of hydrogen-bond acceptors (Lipinski definition) is 5. The maximum atomic E-state index is 12.6. The SMILES string of the molecule is Cc1ccc(-n2c(SCC(=O)NC(C)c3ccccc3)nnc2-c2ccncc2)cc1. The number of pyridine rings is 1. The minimum atomic E-state index is -0.0587. The standard InChI is InChI=1S/C24H23N5OS/c1-17-8-10-21(11-9-17)29-23(20-12-14-25-15-13-20)27-28-24(29)31-16-22(30)26-18(2)19-6-4-3-5-7-19/h3-15,18H,16H2,1-2H3,(H,26,30). The van der Waals surface area contributed by atoms with E-state index < -0.39 is 0 Å². The number of aryl methyl sites for hydroxylation is 1. The van der Waals surface area contributed by atoms with E-state index in [0.717, 1.165) is 16.8 Å². The Hall–Kier alpha value is -3.45. The number of nitrogens with zero attached hydrogens (tertiary/aromatic N) is 4. The van der Waals surface area contributed by atoms with Crippen molar-refractivity contribution < 1.29 is 4.79 Å². The van der Waals surface area contributed by atoms with Crippen molar-refractivity contribution in [3.05, 3.63) is 90.3 Å². The molecule has 4 aromatic rings. The third kappa shape index (κ3) is 5.00. The number of nitrogens with one attached hydrogen (secondary N) is 1. The average molecular weight is 430 g/mol. The number of hydrogen-bond donors (Lipinski definition) is 1. The van der Waals surface area contributed by atoms with Crippen molar-refractivity contribution in [1.29, 1.82) is 0 Å². The summed E-state index contributed by atoms with van der Waals surface area (Å²) < 4.78 is 1.98. The molecule has 0 fully saturated rings. The first-order chi connectivity index (χ1) is 15.1. The molecule has 7 heteroatoms. The van der Waals surface area contributed by atoms with E-state index in [1.807, 2.05) is 85.1 Å². The third-order valence-electron chi connectivity index (χ3n) is 4.87. The molecule has 0 spiro atoms. The van der Waals surface area contributed by atoms with Gasteiger partial charge in [-0.15, -0.1) is 10.2 Å². The predicted molar refractivity (Wildman–Crippen MR) is 123 cm³/mol. The van der Waals surface area contributed by atoms with Gasteiger partial charge in [0.05, 0.1) is 11.8 Å². The van der Waals surface area contributed by atoms with Gasteiger partial charge in [0.2, 0.25) is 5.91 Å². The van der Waals surface area contributed by atoms with Crippen molar-refractivity contribution in [2.24, 2.45) is 0 Å². The first-order valence-electron chi connectivity index (χ1n) is 10.0. The number of carbonyl (C=O) groups excluding carboxylic acids is 1. The number of amides is 1. The zero-order valence-corrected chi connectivity index (χ0v) is 18.2. The van der Waals surface area contributed by atoms with Gasteiger partial charge in [0.15, 0.2) is 11.0 Å². The molecule has 2 aromatic heterocycles. The highest BCUT2D eigenvalue weighted by atomic mass is 32.2. The normalized spacial score (nSPS) is 11.8. The van der Waals surface area contributed by atoms with Crippen LogP contribution >= 0.6 is 11.8 Å². The number of benzene rings is 2. The van der Waals surface area contributed by atoms with Gasteiger partial charge in [-0.3, -0.25) is 14.3 Å². The largest absolute Gasteiger partial charge is 0.349 e. The van der Waals surface area contributed by atoms with Crippen LogP contribution in [-0.2, 0) is 4.79 Å². The van der Waals surface area contributed by atoms with Gasteiger partial charge in [-0.2, -0.15) is 0 Å². The zero-order valence-electron chi connectivity index (χ0n) is 17.4. The summed E-state index contributed by atoms with van der Waals surface area (Å²) in [7, 11) is 0. The van der Waals surface area contributed by atoms with Gasteiger partial charge in [0, 0.05) is 23.6 Å². The van der Waals surface area contributed by atoms with E-state index in [0.29, 0.717) is 11.0 Å². The highest BCUT2D eigenvalue weighted by molar-refractivity contribution is 7.99. The van der Waals surface area contributed by atoms with Gasteiger partial charge in [-0.1, -0.05) is 59.8 Å². The Labute approximate surface area is 185 Å². The third-order valence-corrected chi connectivity index (χ3v) is 5.80. The van der Waals surface area contributed by atoms with E-state index in [1.165, 1.54) is 17.3 Å². The summed E-state index contributed by atoms with van der Waals surface area (Å²) in [5.41, 5.74) is 4.11.